The van der Waals surface area contributed by atoms with Crippen molar-refractivity contribution >= 4 is 15.9 Å². The summed E-state index contributed by atoms with van der Waals surface area (Å²) in [7, 11) is 0. The first-order valence-corrected chi connectivity index (χ1v) is 7.89. The van der Waals surface area contributed by atoms with Crippen molar-refractivity contribution in [3.63, 3.8) is 0 Å². The van der Waals surface area contributed by atoms with Gasteiger partial charge in [0.05, 0.1) is 4.83 Å². The Morgan fingerprint density at radius 2 is 1.83 bits per heavy atom. The molecule has 1 heterocycles. The minimum absolute atomic E-state index is 0.0140. The Morgan fingerprint density at radius 1 is 1.09 bits per heavy atom. The fraction of sp³-hybridized carbons (Fsp3) is 0.111. The van der Waals surface area contributed by atoms with Crippen molar-refractivity contribution in [1.82, 2.24) is 10.1 Å². The molecule has 0 amide bonds. The molecule has 1 aromatic heterocycles. The third-order valence-corrected chi connectivity index (χ3v) is 3.49. The molecule has 0 radical (unpaired) electrons. The zero-order valence-electron chi connectivity index (χ0n) is 12.3. The monoisotopic (exact) mass is 370 g/mol. The normalized spacial score (nSPS) is 11.6. The Morgan fingerprint density at radius 3 is 2.48 bits per heavy atom. The molecule has 3 rings (SSSR count). The van der Waals surface area contributed by atoms with Gasteiger partial charge in [-0.2, -0.15) is 4.98 Å². The Hall–Kier alpha value is -2.45. The molecular weight excluding hydrogens is 359 g/mol. The maximum Gasteiger partial charge on any atom is 0.240 e. The van der Waals surface area contributed by atoms with E-state index in [0.717, 1.165) is 11.1 Å². The molecule has 1 unspecified atom stereocenters. The van der Waals surface area contributed by atoms with Crippen molar-refractivity contribution in [3.8, 4) is 23.2 Å². The van der Waals surface area contributed by atoms with Crippen molar-refractivity contribution < 1.29 is 8.91 Å². The van der Waals surface area contributed by atoms with Crippen LogP contribution in [0.3, 0.4) is 0 Å². The Bertz CT molecular complexity index is 876. The third kappa shape index (κ3) is 3.85. The molecule has 0 aliphatic heterocycles. The first-order valence-electron chi connectivity index (χ1n) is 6.97. The lowest BCUT2D eigenvalue weighted by molar-refractivity contribution is 0.382. The number of aromatic nitrogens is 2. The fourth-order valence-electron chi connectivity index (χ4n) is 1.93. The van der Waals surface area contributed by atoms with E-state index in [2.05, 4.69) is 37.9 Å². The van der Waals surface area contributed by atoms with Gasteiger partial charge in [0.15, 0.2) is 0 Å². The number of alkyl halides is 1. The second kappa shape index (κ2) is 6.76. The Labute approximate surface area is 141 Å². The number of rotatable bonds is 2. The molecule has 0 aliphatic rings. The number of halogens is 2. The van der Waals surface area contributed by atoms with Crippen LogP contribution in [-0.2, 0) is 0 Å². The molecule has 0 spiro atoms. The summed E-state index contributed by atoms with van der Waals surface area (Å²) >= 11 is 3.39. The molecule has 0 N–H and O–H groups in total. The summed E-state index contributed by atoms with van der Waals surface area (Å²) in [5.41, 5.74) is 2.32. The highest BCUT2D eigenvalue weighted by molar-refractivity contribution is 9.09. The van der Waals surface area contributed by atoms with Crippen molar-refractivity contribution in [3.05, 3.63) is 71.4 Å². The van der Waals surface area contributed by atoms with Crippen LogP contribution in [0.4, 0.5) is 4.39 Å². The zero-order chi connectivity index (χ0) is 16.2. The molecule has 114 valence electrons. The number of benzene rings is 2. The molecule has 23 heavy (non-hydrogen) atoms. The van der Waals surface area contributed by atoms with Crippen molar-refractivity contribution in [2.75, 3.05) is 0 Å². The summed E-state index contributed by atoms with van der Waals surface area (Å²) < 4.78 is 18.3. The van der Waals surface area contributed by atoms with E-state index in [-0.39, 0.29) is 10.6 Å². The van der Waals surface area contributed by atoms with Gasteiger partial charge >= 0.3 is 0 Å². The van der Waals surface area contributed by atoms with Crippen LogP contribution in [0.25, 0.3) is 11.4 Å². The highest BCUT2D eigenvalue weighted by Gasteiger charge is 2.12. The summed E-state index contributed by atoms with van der Waals surface area (Å²) in [6.45, 7) is 1.92. The smallest absolute Gasteiger partial charge is 0.240 e. The molecule has 5 heteroatoms. The summed E-state index contributed by atoms with van der Waals surface area (Å²) in [4.78, 5) is 4.32. The summed E-state index contributed by atoms with van der Waals surface area (Å²) in [6.07, 6.45) is 0. The van der Waals surface area contributed by atoms with Crippen LogP contribution >= 0.6 is 15.9 Å². The van der Waals surface area contributed by atoms with E-state index < -0.39 is 0 Å². The van der Waals surface area contributed by atoms with Gasteiger partial charge in [-0.1, -0.05) is 39.0 Å². The zero-order valence-corrected chi connectivity index (χ0v) is 13.8. The molecule has 3 nitrogen and oxygen atoms in total. The topological polar surface area (TPSA) is 38.9 Å². The standard InChI is InChI=1S/C18H12BrFN2O/c1-12(19)18-21-17(22-23-18)15-9-7-13(8-10-15)5-6-14-3-2-4-16(20)11-14/h2-4,7-12H,1H3. The van der Waals surface area contributed by atoms with E-state index in [0.29, 0.717) is 17.3 Å². The molecule has 0 bridgehead atoms. The number of hydrogen-bond donors (Lipinski definition) is 0. The van der Waals surface area contributed by atoms with E-state index >= 15 is 0 Å². The number of nitrogens with zero attached hydrogens (tertiary/aromatic N) is 2. The number of hydrogen-bond acceptors (Lipinski definition) is 3. The van der Waals surface area contributed by atoms with E-state index in [1.807, 2.05) is 31.2 Å². The predicted molar refractivity (Wildman–Crippen MR) is 89.5 cm³/mol. The highest BCUT2D eigenvalue weighted by Crippen LogP contribution is 2.23. The predicted octanol–water partition coefficient (Wildman–Crippen LogP) is 4.73. The maximum atomic E-state index is 13.1. The Kier molecular flexibility index (Phi) is 4.54. The van der Waals surface area contributed by atoms with Crippen LogP contribution in [0.5, 0.6) is 0 Å². The summed E-state index contributed by atoms with van der Waals surface area (Å²) in [6, 6.07) is 13.7. The molecule has 0 fully saturated rings. The van der Waals surface area contributed by atoms with Crippen LogP contribution in [0.15, 0.2) is 53.1 Å². The van der Waals surface area contributed by atoms with E-state index in [1.54, 1.807) is 12.1 Å². The highest BCUT2D eigenvalue weighted by atomic mass is 79.9. The van der Waals surface area contributed by atoms with Gasteiger partial charge < -0.3 is 4.52 Å². The maximum absolute atomic E-state index is 13.1. The molecule has 0 saturated heterocycles. The summed E-state index contributed by atoms with van der Waals surface area (Å²) in [5, 5.41) is 3.95. The lowest BCUT2D eigenvalue weighted by atomic mass is 10.1. The van der Waals surface area contributed by atoms with Gasteiger partial charge in [-0.3, -0.25) is 0 Å². The van der Waals surface area contributed by atoms with Crippen molar-refractivity contribution in [1.29, 1.82) is 0 Å². The second-order valence-corrected chi connectivity index (χ2v) is 6.28. The van der Waals surface area contributed by atoms with Crippen molar-refractivity contribution in [2.45, 2.75) is 11.8 Å². The van der Waals surface area contributed by atoms with E-state index in [4.69, 9.17) is 4.52 Å². The van der Waals surface area contributed by atoms with E-state index in [9.17, 15) is 4.39 Å². The first kappa shape index (κ1) is 15.4. The average molecular weight is 371 g/mol. The lowest BCUT2D eigenvalue weighted by Crippen LogP contribution is -1.85. The van der Waals surface area contributed by atoms with Gasteiger partial charge in [0.25, 0.3) is 0 Å². The molecule has 2 aromatic carbocycles. The molecule has 1 atom stereocenters. The average Bonchev–Trinajstić information content (AvgIpc) is 3.04. The SMILES string of the molecule is CC(Br)c1nc(-c2ccc(C#Cc3cccc(F)c3)cc2)no1. The molecule has 0 aliphatic carbocycles. The van der Waals surface area contributed by atoms with Gasteiger partial charge in [-0.25, -0.2) is 4.39 Å². The van der Waals surface area contributed by atoms with Crippen LogP contribution in [0.2, 0.25) is 0 Å². The van der Waals surface area contributed by atoms with Gasteiger partial charge in [-0.05, 0) is 49.4 Å². The van der Waals surface area contributed by atoms with E-state index in [1.165, 1.54) is 12.1 Å². The van der Waals surface area contributed by atoms with Crippen LogP contribution in [-0.4, -0.2) is 10.1 Å². The van der Waals surface area contributed by atoms with Gasteiger partial charge in [0.1, 0.15) is 5.82 Å². The van der Waals surface area contributed by atoms with Gasteiger partial charge in [-0.15, -0.1) is 0 Å². The minimum Gasteiger partial charge on any atom is -0.338 e. The molecule has 3 aromatic rings. The first-order chi connectivity index (χ1) is 11.1. The molecular formula is C18H12BrFN2O. The third-order valence-electron chi connectivity index (χ3n) is 3.10. The molecule has 0 saturated carbocycles. The lowest BCUT2D eigenvalue weighted by Gasteiger charge is -1.95. The largest absolute Gasteiger partial charge is 0.338 e. The fourth-order valence-corrected chi connectivity index (χ4v) is 2.11. The van der Waals surface area contributed by atoms with Crippen LogP contribution in [0.1, 0.15) is 28.8 Å². The Balaban J connectivity index is 1.79. The van der Waals surface area contributed by atoms with Crippen LogP contribution in [0, 0.1) is 17.7 Å². The van der Waals surface area contributed by atoms with Crippen molar-refractivity contribution in [2.24, 2.45) is 0 Å². The van der Waals surface area contributed by atoms with Gasteiger partial charge in [0.2, 0.25) is 11.7 Å². The minimum atomic E-state index is -0.291. The summed E-state index contributed by atoms with van der Waals surface area (Å²) in [5.74, 6) is 6.72. The van der Waals surface area contributed by atoms with Crippen LogP contribution < -0.4 is 0 Å². The second-order valence-electron chi connectivity index (χ2n) is 4.91. The van der Waals surface area contributed by atoms with Gasteiger partial charge in [0, 0.05) is 16.7 Å². The quantitative estimate of drug-likeness (QED) is 0.483.